The Balaban J connectivity index is 0.000000248. The average molecular weight is 499 g/mol. The van der Waals surface area contributed by atoms with Crippen LogP contribution in [0.25, 0.3) is 0 Å². The summed E-state index contributed by atoms with van der Waals surface area (Å²) in [6.07, 6.45) is 0. The molecule has 4 rings (SSSR count). The lowest BCUT2D eigenvalue weighted by Crippen LogP contribution is -2.12. The number of hydrogen-bond acceptors (Lipinski definition) is 6. The van der Waals surface area contributed by atoms with E-state index in [0.717, 1.165) is 11.3 Å². The van der Waals surface area contributed by atoms with Gasteiger partial charge in [-0.15, -0.1) is 0 Å². The summed E-state index contributed by atoms with van der Waals surface area (Å²) in [7, 11) is 1.64. The van der Waals surface area contributed by atoms with Gasteiger partial charge in [0.15, 0.2) is 5.78 Å². The molecule has 0 bridgehead atoms. The van der Waals surface area contributed by atoms with Crippen molar-refractivity contribution in [2.24, 2.45) is 0 Å². The zero-order chi connectivity index (χ0) is 27.2. The maximum absolute atomic E-state index is 12.6. The van der Waals surface area contributed by atoms with Crippen LogP contribution in [0.1, 0.15) is 58.2 Å². The standard InChI is InChI=1S/C20H14O4.C11H16O2/c21-16-12-11-15(18(22)13-7-3-1-4-8-13)20(24)17(16)19(23)14-9-5-2-6-10-14;1-11(2,3)9-7-8(12)5-6-10(9)13-4/h1-12,21,24H;5-7,12H,1-4H3. The van der Waals surface area contributed by atoms with Gasteiger partial charge in [0.2, 0.25) is 5.78 Å². The van der Waals surface area contributed by atoms with Gasteiger partial charge in [0.25, 0.3) is 0 Å². The number of phenols is 3. The zero-order valence-corrected chi connectivity index (χ0v) is 21.2. The highest BCUT2D eigenvalue weighted by molar-refractivity contribution is 6.17. The molecule has 37 heavy (non-hydrogen) atoms. The lowest BCUT2D eigenvalue weighted by atomic mass is 9.86. The summed E-state index contributed by atoms with van der Waals surface area (Å²) < 4.78 is 5.22. The Bertz CT molecular complexity index is 1390. The molecule has 0 aromatic heterocycles. The fourth-order valence-electron chi connectivity index (χ4n) is 3.75. The molecular formula is C31H30O6. The van der Waals surface area contributed by atoms with Crippen LogP contribution >= 0.6 is 0 Å². The van der Waals surface area contributed by atoms with E-state index in [-0.39, 0.29) is 28.0 Å². The summed E-state index contributed by atoms with van der Waals surface area (Å²) >= 11 is 0. The number of ketones is 2. The Hall–Kier alpha value is -4.58. The van der Waals surface area contributed by atoms with E-state index in [1.165, 1.54) is 12.1 Å². The van der Waals surface area contributed by atoms with Gasteiger partial charge in [-0.25, -0.2) is 0 Å². The van der Waals surface area contributed by atoms with Gasteiger partial charge < -0.3 is 20.1 Å². The van der Waals surface area contributed by atoms with E-state index in [1.54, 1.807) is 86.0 Å². The maximum Gasteiger partial charge on any atom is 0.200 e. The number of phenolic OH excluding ortho intramolecular Hbond substituents is 3. The molecule has 0 aliphatic heterocycles. The Labute approximate surface area is 216 Å². The van der Waals surface area contributed by atoms with Gasteiger partial charge in [-0.1, -0.05) is 81.4 Å². The van der Waals surface area contributed by atoms with E-state index < -0.39 is 17.3 Å². The minimum atomic E-state index is -0.548. The van der Waals surface area contributed by atoms with E-state index in [9.17, 15) is 24.9 Å². The lowest BCUT2D eigenvalue weighted by Gasteiger charge is -2.21. The number of rotatable bonds is 5. The predicted octanol–water partition coefficient (Wildman–Crippen LogP) is 6.26. The van der Waals surface area contributed by atoms with E-state index in [2.05, 4.69) is 20.8 Å². The number of aromatic hydroxyl groups is 3. The summed E-state index contributed by atoms with van der Waals surface area (Å²) in [6.45, 7) is 6.26. The minimum Gasteiger partial charge on any atom is -0.508 e. The molecule has 190 valence electrons. The number of benzene rings is 4. The fourth-order valence-corrected chi connectivity index (χ4v) is 3.75. The van der Waals surface area contributed by atoms with Gasteiger partial charge >= 0.3 is 0 Å². The average Bonchev–Trinajstić information content (AvgIpc) is 2.89. The molecule has 0 spiro atoms. The third kappa shape index (κ3) is 6.35. The van der Waals surface area contributed by atoms with Crippen molar-refractivity contribution in [3.8, 4) is 23.0 Å². The first kappa shape index (κ1) is 27.0. The van der Waals surface area contributed by atoms with Crippen LogP contribution in [-0.4, -0.2) is 34.0 Å². The highest BCUT2D eigenvalue weighted by Gasteiger charge is 2.24. The number of carbonyl (C=O) groups excluding carboxylic acids is 2. The summed E-state index contributed by atoms with van der Waals surface area (Å²) in [6, 6.07) is 24.4. The molecule has 0 amide bonds. The van der Waals surface area contributed by atoms with Crippen LogP contribution in [0.5, 0.6) is 23.0 Å². The Morgan fingerprint density at radius 2 is 1.24 bits per heavy atom. The molecule has 6 nitrogen and oxygen atoms in total. The lowest BCUT2D eigenvalue weighted by molar-refractivity contribution is 0.103. The van der Waals surface area contributed by atoms with E-state index in [1.807, 2.05) is 0 Å². The zero-order valence-electron chi connectivity index (χ0n) is 21.2. The molecule has 0 radical (unpaired) electrons. The predicted molar refractivity (Wildman–Crippen MR) is 143 cm³/mol. The molecule has 0 aliphatic carbocycles. The second kappa shape index (κ2) is 11.4. The molecule has 0 fully saturated rings. The van der Waals surface area contributed by atoms with Gasteiger partial charge in [-0.05, 0) is 35.7 Å². The van der Waals surface area contributed by atoms with Crippen LogP contribution in [0, 0.1) is 0 Å². The number of carbonyl (C=O) groups is 2. The molecule has 0 aliphatic rings. The van der Waals surface area contributed by atoms with Crippen molar-refractivity contribution in [2.45, 2.75) is 26.2 Å². The normalized spacial score (nSPS) is 10.7. The SMILES string of the molecule is COc1ccc(O)cc1C(C)(C)C.O=C(c1ccccc1)c1ccc(O)c(C(=O)c2ccccc2)c1O. The van der Waals surface area contributed by atoms with Gasteiger partial charge in [0.05, 0.1) is 12.7 Å². The van der Waals surface area contributed by atoms with Crippen LogP contribution in [0.4, 0.5) is 0 Å². The summed E-state index contributed by atoms with van der Waals surface area (Å²) in [5, 5.41) is 29.8. The van der Waals surface area contributed by atoms with Crippen molar-refractivity contribution in [1.29, 1.82) is 0 Å². The Morgan fingerprint density at radius 1 is 0.703 bits per heavy atom. The van der Waals surface area contributed by atoms with Crippen molar-refractivity contribution >= 4 is 11.6 Å². The molecule has 0 saturated heterocycles. The van der Waals surface area contributed by atoms with Crippen LogP contribution < -0.4 is 4.74 Å². The third-order valence-electron chi connectivity index (χ3n) is 5.69. The highest BCUT2D eigenvalue weighted by atomic mass is 16.5. The summed E-state index contributed by atoms with van der Waals surface area (Å²) in [5.41, 5.74) is 1.41. The molecule has 0 unspecified atom stereocenters. The van der Waals surface area contributed by atoms with Gasteiger partial charge in [0.1, 0.15) is 28.6 Å². The largest absolute Gasteiger partial charge is 0.508 e. The van der Waals surface area contributed by atoms with E-state index in [0.29, 0.717) is 11.1 Å². The van der Waals surface area contributed by atoms with Crippen molar-refractivity contribution in [3.63, 3.8) is 0 Å². The van der Waals surface area contributed by atoms with Gasteiger partial charge in [-0.2, -0.15) is 0 Å². The molecule has 4 aromatic rings. The fraction of sp³-hybridized carbons (Fsp3) is 0.161. The Morgan fingerprint density at radius 3 is 1.76 bits per heavy atom. The first-order valence-corrected chi connectivity index (χ1v) is 11.7. The quantitative estimate of drug-likeness (QED) is 0.281. The summed E-state index contributed by atoms with van der Waals surface area (Å²) in [4.78, 5) is 25.1. The highest BCUT2D eigenvalue weighted by Crippen LogP contribution is 2.34. The molecule has 6 heteroatoms. The monoisotopic (exact) mass is 498 g/mol. The second-order valence-electron chi connectivity index (χ2n) is 9.38. The molecule has 3 N–H and O–H groups in total. The van der Waals surface area contributed by atoms with E-state index >= 15 is 0 Å². The topological polar surface area (TPSA) is 104 Å². The maximum atomic E-state index is 12.6. The first-order valence-electron chi connectivity index (χ1n) is 11.7. The van der Waals surface area contributed by atoms with Crippen LogP contribution in [-0.2, 0) is 5.41 Å². The molecule has 0 atom stereocenters. The minimum absolute atomic E-state index is 0.00984. The molecule has 4 aromatic carbocycles. The number of hydrogen-bond donors (Lipinski definition) is 3. The van der Waals surface area contributed by atoms with Crippen molar-refractivity contribution < 1.29 is 29.6 Å². The van der Waals surface area contributed by atoms with Crippen molar-refractivity contribution in [3.05, 3.63) is 119 Å². The van der Waals surface area contributed by atoms with Crippen molar-refractivity contribution in [1.82, 2.24) is 0 Å². The molecular weight excluding hydrogens is 468 g/mol. The van der Waals surface area contributed by atoms with E-state index in [4.69, 9.17) is 4.74 Å². The van der Waals surface area contributed by atoms with Gasteiger partial charge in [-0.3, -0.25) is 9.59 Å². The van der Waals surface area contributed by atoms with Crippen LogP contribution in [0.2, 0.25) is 0 Å². The van der Waals surface area contributed by atoms with Crippen LogP contribution in [0.3, 0.4) is 0 Å². The Kier molecular flexibility index (Phi) is 8.35. The number of ether oxygens (including phenoxy) is 1. The summed E-state index contributed by atoms with van der Waals surface area (Å²) in [5.74, 6) is -0.747. The third-order valence-corrected chi connectivity index (χ3v) is 5.69. The van der Waals surface area contributed by atoms with Crippen molar-refractivity contribution in [2.75, 3.05) is 7.11 Å². The number of methoxy groups -OCH3 is 1. The second-order valence-corrected chi connectivity index (χ2v) is 9.38. The van der Waals surface area contributed by atoms with Crippen LogP contribution in [0.15, 0.2) is 91.0 Å². The van der Waals surface area contributed by atoms with Gasteiger partial charge in [0, 0.05) is 16.7 Å². The molecule has 0 saturated carbocycles. The molecule has 0 heterocycles. The first-order chi connectivity index (χ1) is 17.5. The smallest absolute Gasteiger partial charge is 0.200 e.